The molecule has 12 heavy (non-hydrogen) atoms. The Balaban J connectivity index is 2.42. The maximum atomic E-state index is 11.1. The van der Waals surface area contributed by atoms with Gasteiger partial charge in [0.2, 0.25) is 5.79 Å². The summed E-state index contributed by atoms with van der Waals surface area (Å²) in [5.74, 6) is -0.995. The molecule has 1 saturated heterocycles. The standard InChI is InChI=1S/C8H15NO3/c1-8(2)11-6(4-5-9-3)7(10)12-8/h6,9H,4-5H2,1-3H3. The molecule has 0 spiro atoms. The topological polar surface area (TPSA) is 47.6 Å². The Morgan fingerprint density at radius 3 is 2.67 bits per heavy atom. The molecule has 0 aromatic carbocycles. The summed E-state index contributed by atoms with van der Waals surface area (Å²) in [5, 5.41) is 2.95. The van der Waals surface area contributed by atoms with Gasteiger partial charge in [-0.05, 0) is 20.0 Å². The van der Waals surface area contributed by atoms with Crippen LogP contribution < -0.4 is 5.32 Å². The molecular formula is C8H15NO3. The van der Waals surface area contributed by atoms with Gasteiger partial charge in [0.05, 0.1) is 0 Å². The summed E-state index contributed by atoms with van der Waals surface area (Å²) in [6.07, 6.45) is 0.270. The molecule has 1 fully saturated rings. The van der Waals surface area contributed by atoms with Crippen LogP contribution in [0.2, 0.25) is 0 Å². The number of carbonyl (C=O) groups excluding carboxylic acids is 1. The fourth-order valence-corrected chi connectivity index (χ4v) is 1.17. The van der Waals surface area contributed by atoms with Crippen molar-refractivity contribution < 1.29 is 14.3 Å². The van der Waals surface area contributed by atoms with Crippen LogP contribution in [0.1, 0.15) is 20.3 Å². The summed E-state index contributed by atoms with van der Waals surface area (Å²) in [5.41, 5.74) is 0. The molecule has 1 N–H and O–H groups in total. The fraction of sp³-hybridized carbons (Fsp3) is 0.875. The molecular weight excluding hydrogens is 158 g/mol. The van der Waals surface area contributed by atoms with Crippen LogP contribution in [0.3, 0.4) is 0 Å². The first-order chi connectivity index (χ1) is 5.55. The van der Waals surface area contributed by atoms with Gasteiger partial charge in [-0.3, -0.25) is 0 Å². The molecule has 1 heterocycles. The predicted molar refractivity (Wildman–Crippen MR) is 43.6 cm³/mol. The molecule has 4 heteroatoms. The largest absolute Gasteiger partial charge is 0.432 e. The predicted octanol–water partition coefficient (Wildman–Crippen LogP) is 0.274. The van der Waals surface area contributed by atoms with Crippen molar-refractivity contribution in [3.05, 3.63) is 0 Å². The van der Waals surface area contributed by atoms with E-state index >= 15 is 0 Å². The highest BCUT2D eigenvalue weighted by atomic mass is 16.8. The molecule has 0 saturated carbocycles. The number of esters is 1. The maximum Gasteiger partial charge on any atom is 0.337 e. The Morgan fingerprint density at radius 1 is 1.58 bits per heavy atom. The van der Waals surface area contributed by atoms with Crippen molar-refractivity contribution in [2.24, 2.45) is 0 Å². The lowest BCUT2D eigenvalue weighted by Gasteiger charge is -2.14. The average Bonchev–Trinajstić information content (AvgIpc) is 2.20. The van der Waals surface area contributed by atoms with Crippen molar-refractivity contribution in [3.63, 3.8) is 0 Å². The van der Waals surface area contributed by atoms with Crippen molar-refractivity contribution in [2.75, 3.05) is 13.6 Å². The molecule has 0 bridgehead atoms. The van der Waals surface area contributed by atoms with Gasteiger partial charge >= 0.3 is 5.97 Å². The number of carbonyl (C=O) groups is 1. The minimum absolute atomic E-state index is 0.254. The smallest absolute Gasteiger partial charge is 0.337 e. The minimum atomic E-state index is -0.741. The first-order valence-corrected chi connectivity index (χ1v) is 4.10. The SMILES string of the molecule is CNCCC1OC(C)(C)OC1=O. The molecule has 70 valence electrons. The van der Waals surface area contributed by atoms with E-state index in [0.29, 0.717) is 6.42 Å². The lowest BCUT2D eigenvalue weighted by atomic mass is 10.2. The molecule has 0 radical (unpaired) electrons. The zero-order valence-electron chi connectivity index (χ0n) is 7.72. The third-order valence-electron chi connectivity index (χ3n) is 1.69. The van der Waals surface area contributed by atoms with Crippen LogP contribution in [0.25, 0.3) is 0 Å². The molecule has 1 unspecified atom stereocenters. The van der Waals surface area contributed by atoms with Crippen molar-refractivity contribution in [3.8, 4) is 0 Å². The second kappa shape index (κ2) is 3.41. The highest BCUT2D eigenvalue weighted by molar-refractivity contribution is 5.76. The molecule has 1 aliphatic heterocycles. The van der Waals surface area contributed by atoms with Gasteiger partial charge in [0.1, 0.15) is 0 Å². The van der Waals surface area contributed by atoms with E-state index < -0.39 is 11.9 Å². The van der Waals surface area contributed by atoms with Crippen LogP contribution >= 0.6 is 0 Å². The number of nitrogens with one attached hydrogen (secondary N) is 1. The zero-order chi connectivity index (χ0) is 9.19. The summed E-state index contributed by atoms with van der Waals surface area (Å²) in [6.45, 7) is 4.24. The molecule has 0 aromatic heterocycles. The summed E-state index contributed by atoms with van der Waals surface area (Å²) in [4.78, 5) is 11.1. The Hall–Kier alpha value is -0.610. The normalized spacial score (nSPS) is 27.2. The van der Waals surface area contributed by atoms with E-state index in [-0.39, 0.29) is 5.97 Å². The van der Waals surface area contributed by atoms with Gasteiger partial charge in [-0.25, -0.2) is 4.79 Å². The van der Waals surface area contributed by atoms with E-state index in [9.17, 15) is 4.79 Å². The number of rotatable bonds is 3. The Kier molecular flexibility index (Phi) is 2.69. The van der Waals surface area contributed by atoms with Crippen molar-refractivity contribution in [1.29, 1.82) is 0 Å². The van der Waals surface area contributed by atoms with Gasteiger partial charge in [0, 0.05) is 13.8 Å². The van der Waals surface area contributed by atoms with Crippen LogP contribution in [-0.4, -0.2) is 31.5 Å². The van der Waals surface area contributed by atoms with E-state index in [4.69, 9.17) is 9.47 Å². The molecule has 0 aliphatic carbocycles. The lowest BCUT2D eigenvalue weighted by Crippen LogP contribution is -2.24. The highest BCUT2D eigenvalue weighted by Crippen LogP contribution is 2.24. The fourth-order valence-electron chi connectivity index (χ4n) is 1.17. The van der Waals surface area contributed by atoms with Crippen molar-refractivity contribution in [2.45, 2.75) is 32.2 Å². The number of ether oxygens (including phenoxy) is 2. The van der Waals surface area contributed by atoms with Crippen molar-refractivity contribution in [1.82, 2.24) is 5.32 Å². The average molecular weight is 173 g/mol. The van der Waals surface area contributed by atoms with Crippen LogP contribution in [0, 0.1) is 0 Å². The zero-order valence-corrected chi connectivity index (χ0v) is 7.72. The molecule has 0 aromatic rings. The quantitative estimate of drug-likeness (QED) is 0.622. The summed E-state index contributed by atoms with van der Waals surface area (Å²) in [7, 11) is 1.84. The molecule has 1 aliphatic rings. The lowest BCUT2D eigenvalue weighted by molar-refractivity contribution is -0.160. The van der Waals surface area contributed by atoms with Crippen LogP contribution in [0.4, 0.5) is 0 Å². The first-order valence-electron chi connectivity index (χ1n) is 4.10. The molecule has 1 rings (SSSR count). The van der Waals surface area contributed by atoms with Gasteiger partial charge in [-0.15, -0.1) is 0 Å². The van der Waals surface area contributed by atoms with Crippen LogP contribution in [0.5, 0.6) is 0 Å². The van der Waals surface area contributed by atoms with E-state index in [1.54, 1.807) is 13.8 Å². The Labute approximate surface area is 72.2 Å². The second-order valence-electron chi connectivity index (χ2n) is 3.32. The molecule has 1 atom stereocenters. The monoisotopic (exact) mass is 173 g/mol. The summed E-state index contributed by atoms with van der Waals surface area (Å²) < 4.78 is 10.3. The number of hydrogen-bond acceptors (Lipinski definition) is 4. The van der Waals surface area contributed by atoms with Gasteiger partial charge < -0.3 is 14.8 Å². The van der Waals surface area contributed by atoms with E-state index in [1.165, 1.54) is 0 Å². The number of hydrogen-bond donors (Lipinski definition) is 1. The van der Waals surface area contributed by atoms with Crippen LogP contribution in [-0.2, 0) is 14.3 Å². The van der Waals surface area contributed by atoms with E-state index in [0.717, 1.165) is 6.54 Å². The maximum absolute atomic E-state index is 11.1. The van der Waals surface area contributed by atoms with Gasteiger partial charge in [0.15, 0.2) is 6.10 Å². The van der Waals surface area contributed by atoms with Crippen LogP contribution in [0.15, 0.2) is 0 Å². The molecule has 0 amide bonds. The Bertz CT molecular complexity index is 179. The highest BCUT2D eigenvalue weighted by Gasteiger charge is 2.40. The van der Waals surface area contributed by atoms with Gasteiger partial charge in [-0.2, -0.15) is 0 Å². The van der Waals surface area contributed by atoms with Gasteiger partial charge in [-0.1, -0.05) is 0 Å². The third-order valence-corrected chi connectivity index (χ3v) is 1.69. The second-order valence-corrected chi connectivity index (χ2v) is 3.32. The summed E-state index contributed by atoms with van der Waals surface area (Å²) in [6, 6.07) is 0. The minimum Gasteiger partial charge on any atom is -0.432 e. The third kappa shape index (κ3) is 2.19. The Morgan fingerprint density at radius 2 is 2.25 bits per heavy atom. The number of cyclic esters (lactones) is 1. The van der Waals surface area contributed by atoms with Crippen molar-refractivity contribution >= 4 is 5.97 Å². The van der Waals surface area contributed by atoms with Gasteiger partial charge in [0.25, 0.3) is 0 Å². The van der Waals surface area contributed by atoms with E-state index in [2.05, 4.69) is 5.32 Å². The first kappa shape index (κ1) is 9.48. The van der Waals surface area contributed by atoms with E-state index in [1.807, 2.05) is 7.05 Å². The summed E-state index contributed by atoms with van der Waals surface area (Å²) >= 11 is 0. The molecule has 4 nitrogen and oxygen atoms in total.